The van der Waals surface area contributed by atoms with E-state index in [9.17, 15) is 4.79 Å². The Bertz CT molecular complexity index is 819. The molecule has 1 N–H and O–H groups in total. The van der Waals surface area contributed by atoms with Crippen molar-refractivity contribution in [3.63, 3.8) is 0 Å². The zero-order valence-electron chi connectivity index (χ0n) is 17.4. The summed E-state index contributed by atoms with van der Waals surface area (Å²) in [6, 6.07) is 8.50. The Morgan fingerprint density at radius 3 is 2.79 bits per heavy atom. The smallest absolute Gasteiger partial charge is 0.237 e. The van der Waals surface area contributed by atoms with Crippen LogP contribution >= 0.6 is 0 Å². The lowest BCUT2D eigenvalue weighted by atomic mass is 10.0. The van der Waals surface area contributed by atoms with Crippen molar-refractivity contribution >= 4 is 5.91 Å². The molecule has 4 rings (SSSR count). The summed E-state index contributed by atoms with van der Waals surface area (Å²) >= 11 is 0. The lowest BCUT2D eigenvalue weighted by Crippen LogP contribution is -2.50. The first-order valence-corrected chi connectivity index (χ1v) is 10.6. The summed E-state index contributed by atoms with van der Waals surface area (Å²) in [4.78, 5) is 22.1. The van der Waals surface area contributed by atoms with Crippen LogP contribution in [0.4, 0.5) is 0 Å². The largest absolute Gasteiger partial charge is 0.494 e. The van der Waals surface area contributed by atoms with Gasteiger partial charge in [0.05, 0.1) is 25.2 Å². The summed E-state index contributed by atoms with van der Waals surface area (Å²) in [5.41, 5.74) is 1.19. The van der Waals surface area contributed by atoms with Crippen molar-refractivity contribution < 1.29 is 9.53 Å². The summed E-state index contributed by atoms with van der Waals surface area (Å²) in [5, 5.41) is 3.44. The molecule has 0 radical (unpaired) electrons. The second kappa shape index (κ2) is 8.97. The molecule has 2 saturated heterocycles. The highest BCUT2D eigenvalue weighted by molar-refractivity contribution is 5.79. The van der Waals surface area contributed by atoms with Gasteiger partial charge in [0.15, 0.2) is 0 Å². The number of hydrogen-bond donors (Lipinski definition) is 1. The maximum Gasteiger partial charge on any atom is 0.237 e. The molecule has 2 fully saturated rings. The Hall–Kier alpha value is -2.38. The summed E-state index contributed by atoms with van der Waals surface area (Å²) < 4.78 is 7.60. The third-order valence-corrected chi connectivity index (χ3v) is 6.00. The topological polar surface area (TPSA) is 62.6 Å². The molecule has 7 nitrogen and oxygen atoms in total. The second-order valence-corrected chi connectivity index (χ2v) is 7.83. The molecule has 1 amide bonds. The molecule has 1 aromatic heterocycles. The second-order valence-electron chi connectivity index (χ2n) is 7.83. The predicted molar refractivity (Wildman–Crippen MR) is 112 cm³/mol. The molecular weight excluding hydrogens is 366 g/mol. The van der Waals surface area contributed by atoms with E-state index in [-0.39, 0.29) is 18.0 Å². The molecule has 3 heterocycles. The third-order valence-electron chi connectivity index (χ3n) is 6.00. The van der Waals surface area contributed by atoms with E-state index < -0.39 is 0 Å². The van der Waals surface area contributed by atoms with Crippen molar-refractivity contribution in [2.75, 3.05) is 39.3 Å². The Morgan fingerprint density at radius 1 is 1.24 bits per heavy atom. The number of piperazine rings is 1. The van der Waals surface area contributed by atoms with E-state index in [1.807, 2.05) is 43.1 Å². The van der Waals surface area contributed by atoms with E-state index in [0.717, 1.165) is 50.6 Å². The van der Waals surface area contributed by atoms with Gasteiger partial charge < -0.3 is 19.5 Å². The van der Waals surface area contributed by atoms with Crippen molar-refractivity contribution in [2.24, 2.45) is 7.05 Å². The molecule has 2 unspecified atom stereocenters. The minimum absolute atomic E-state index is 0.124. The lowest BCUT2D eigenvalue weighted by Gasteiger charge is -2.36. The summed E-state index contributed by atoms with van der Waals surface area (Å²) in [6.07, 6.45) is 5.86. The summed E-state index contributed by atoms with van der Waals surface area (Å²) in [6.45, 7) is 6.49. The van der Waals surface area contributed by atoms with Gasteiger partial charge in [0.2, 0.25) is 5.91 Å². The summed E-state index contributed by atoms with van der Waals surface area (Å²) in [5.74, 6) is 2.10. The maximum atomic E-state index is 13.3. The first-order chi connectivity index (χ1) is 14.2. The first-order valence-electron chi connectivity index (χ1n) is 10.6. The van der Waals surface area contributed by atoms with Crippen LogP contribution in [0.3, 0.4) is 0 Å². The normalized spacial score (nSPS) is 22.8. The number of hydrogen-bond acceptors (Lipinski definition) is 5. The monoisotopic (exact) mass is 397 g/mol. The van der Waals surface area contributed by atoms with Crippen LogP contribution in [0.25, 0.3) is 0 Å². The third kappa shape index (κ3) is 4.31. The molecule has 0 bridgehead atoms. The van der Waals surface area contributed by atoms with E-state index in [2.05, 4.69) is 32.2 Å². The van der Waals surface area contributed by atoms with Gasteiger partial charge in [-0.2, -0.15) is 0 Å². The van der Waals surface area contributed by atoms with Crippen molar-refractivity contribution in [1.82, 2.24) is 24.7 Å². The van der Waals surface area contributed by atoms with Crippen LogP contribution < -0.4 is 10.1 Å². The van der Waals surface area contributed by atoms with Gasteiger partial charge in [-0.3, -0.25) is 9.69 Å². The quantitative estimate of drug-likeness (QED) is 0.809. The van der Waals surface area contributed by atoms with E-state index >= 15 is 0 Å². The van der Waals surface area contributed by atoms with Crippen molar-refractivity contribution in [1.29, 1.82) is 0 Å². The average molecular weight is 398 g/mol. The molecule has 0 aliphatic carbocycles. The van der Waals surface area contributed by atoms with E-state index in [0.29, 0.717) is 13.2 Å². The van der Waals surface area contributed by atoms with Gasteiger partial charge in [0.25, 0.3) is 0 Å². The fraction of sp³-hybridized carbons (Fsp3) is 0.545. The van der Waals surface area contributed by atoms with Gasteiger partial charge in [0.1, 0.15) is 11.6 Å². The van der Waals surface area contributed by atoms with Crippen molar-refractivity contribution in [3.8, 4) is 5.75 Å². The zero-order chi connectivity index (χ0) is 20.2. The first kappa shape index (κ1) is 19.9. The van der Waals surface area contributed by atoms with Crippen LogP contribution in [0.1, 0.15) is 43.2 Å². The average Bonchev–Trinajstić information content (AvgIpc) is 3.38. The molecule has 2 aliphatic heterocycles. The van der Waals surface area contributed by atoms with Gasteiger partial charge in [0, 0.05) is 45.6 Å². The number of nitrogens with one attached hydrogen (secondary N) is 1. The predicted octanol–water partition coefficient (Wildman–Crippen LogP) is 2.13. The number of aryl methyl sites for hydroxylation is 1. The number of rotatable bonds is 6. The van der Waals surface area contributed by atoms with Crippen LogP contribution in [0.5, 0.6) is 5.75 Å². The highest BCUT2D eigenvalue weighted by Gasteiger charge is 2.34. The number of benzene rings is 1. The fourth-order valence-corrected chi connectivity index (χ4v) is 4.52. The molecule has 0 spiro atoms. The maximum absolute atomic E-state index is 13.3. The molecule has 2 aliphatic rings. The zero-order valence-corrected chi connectivity index (χ0v) is 17.4. The molecule has 156 valence electrons. The minimum atomic E-state index is 0.124. The van der Waals surface area contributed by atoms with Crippen LogP contribution in [0.2, 0.25) is 0 Å². The SMILES string of the molecule is CCOc1ccc(C2CCCN2C(=O)CN2CCNCC2c2nccn2C)cc1. The van der Waals surface area contributed by atoms with Gasteiger partial charge in [-0.1, -0.05) is 12.1 Å². The van der Waals surface area contributed by atoms with Gasteiger partial charge in [-0.05, 0) is 37.5 Å². The Morgan fingerprint density at radius 2 is 2.07 bits per heavy atom. The Kier molecular flexibility index (Phi) is 6.16. The number of imidazole rings is 1. The number of aromatic nitrogens is 2. The van der Waals surface area contributed by atoms with Crippen LogP contribution in [0.15, 0.2) is 36.7 Å². The van der Waals surface area contributed by atoms with E-state index in [1.54, 1.807) is 0 Å². The van der Waals surface area contributed by atoms with E-state index in [4.69, 9.17) is 4.74 Å². The highest BCUT2D eigenvalue weighted by Crippen LogP contribution is 2.33. The molecule has 29 heavy (non-hydrogen) atoms. The number of likely N-dealkylation sites (tertiary alicyclic amines) is 1. The van der Waals surface area contributed by atoms with Gasteiger partial charge in [-0.25, -0.2) is 4.98 Å². The molecule has 0 saturated carbocycles. The number of nitrogens with zero attached hydrogens (tertiary/aromatic N) is 4. The number of carbonyl (C=O) groups excluding carboxylic acids is 1. The van der Waals surface area contributed by atoms with Crippen LogP contribution in [-0.2, 0) is 11.8 Å². The minimum Gasteiger partial charge on any atom is -0.494 e. The number of ether oxygens (including phenoxy) is 1. The molecule has 2 atom stereocenters. The van der Waals surface area contributed by atoms with Crippen LogP contribution in [0, 0.1) is 0 Å². The standard InChI is InChI=1S/C22H31N5O2/c1-3-29-18-8-6-17(7-9-18)19-5-4-12-27(19)21(28)16-26-14-10-23-15-20(26)22-24-11-13-25(22)2/h6-9,11,13,19-20,23H,3-5,10,12,14-16H2,1-2H3. The lowest BCUT2D eigenvalue weighted by molar-refractivity contribution is -0.134. The Labute approximate surface area is 172 Å². The highest BCUT2D eigenvalue weighted by atomic mass is 16.5. The van der Waals surface area contributed by atoms with Gasteiger partial charge in [-0.15, -0.1) is 0 Å². The van der Waals surface area contributed by atoms with Crippen molar-refractivity contribution in [3.05, 3.63) is 48.0 Å². The van der Waals surface area contributed by atoms with Crippen LogP contribution in [-0.4, -0.2) is 64.6 Å². The fourth-order valence-electron chi connectivity index (χ4n) is 4.52. The molecular formula is C22H31N5O2. The molecule has 2 aromatic rings. The molecule has 1 aromatic carbocycles. The summed E-state index contributed by atoms with van der Waals surface area (Å²) in [7, 11) is 2.01. The Balaban J connectivity index is 1.45. The van der Waals surface area contributed by atoms with Crippen molar-refractivity contribution in [2.45, 2.75) is 31.8 Å². The van der Waals surface area contributed by atoms with E-state index in [1.165, 1.54) is 5.56 Å². The molecule has 7 heteroatoms. The number of carbonyl (C=O) groups is 1. The number of amides is 1. The van der Waals surface area contributed by atoms with Gasteiger partial charge >= 0.3 is 0 Å².